The summed E-state index contributed by atoms with van der Waals surface area (Å²) >= 11 is 0. The van der Waals surface area contributed by atoms with Crippen molar-refractivity contribution in [2.24, 2.45) is 0 Å². The molecule has 3 heterocycles. The van der Waals surface area contributed by atoms with Crippen molar-refractivity contribution in [1.29, 1.82) is 0 Å². The highest BCUT2D eigenvalue weighted by molar-refractivity contribution is 6.51. The van der Waals surface area contributed by atoms with Gasteiger partial charge in [-0.1, -0.05) is 42.5 Å². The summed E-state index contributed by atoms with van der Waals surface area (Å²) in [5, 5.41) is 13.2. The Bertz CT molecular complexity index is 1500. The number of Topliss-reactive ketones (excluding diaryl/α,β-unsaturated/α-hetero) is 1. The van der Waals surface area contributed by atoms with Gasteiger partial charge in [0.1, 0.15) is 5.76 Å². The number of ketones is 1. The first kappa shape index (κ1) is 20.0. The summed E-state index contributed by atoms with van der Waals surface area (Å²) in [6.07, 6.45) is 3.20. The lowest BCUT2D eigenvalue weighted by atomic mass is 9.95. The molecule has 6 rings (SSSR count). The molecule has 0 spiro atoms. The van der Waals surface area contributed by atoms with Gasteiger partial charge in [-0.05, 0) is 40.6 Å². The lowest BCUT2D eigenvalue weighted by molar-refractivity contribution is -0.132. The van der Waals surface area contributed by atoms with Crippen molar-refractivity contribution in [3.05, 3.63) is 102 Å². The summed E-state index contributed by atoms with van der Waals surface area (Å²) in [4.78, 5) is 32.1. The molecule has 166 valence electrons. The highest BCUT2D eigenvalue weighted by Crippen LogP contribution is 2.44. The second kappa shape index (κ2) is 7.74. The summed E-state index contributed by atoms with van der Waals surface area (Å²) < 4.78 is 10.8. The number of rotatable bonds is 3. The van der Waals surface area contributed by atoms with E-state index >= 15 is 0 Å². The van der Waals surface area contributed by atoms with Crippen LogP contribution in [-0.4, -0.2) is 28.6 Å². The van der Waals surface area contributed by atoms with Crippen LogP contribution in [0.15, 0.2) is 90.8 Å². The van der Waals surface area contributed by atoms with Crippen molar-refractivity contribution in [2.75, 3.05) is 11.7 Å². The van der Waals surface area contributed by atoms with Crippen LogP contribution in [0.1, 0.15) is 17.2 Å². The van der Waals surface area contributed by atoms with E-state index in [9.17, 15) is 14.7 Å². The molecule has 0 aliphatic carbocycles. The van der Waals surface area contributed by atoms with Gasteiger partial charge in [0.2, 0.25) is 6.79 Å². The number of benzene rings is 3. The van der Waals surface area contributed by atoms with Crippen molar-refractivity contribution >= 4 is 33.9 Å². The number of carbonyl (C=O) groups excluding carboxylic acids is 2. The third kappa shape index (κ3) is 3.09. The first-order chi connectivity index (χ1) is 16.6. The number of anilines is 1. The number of aliphatic hydroxyl groups is 1. The standard InChI is InChI=1S/C27H18N2O5/c30-25(18-8-7-16-4-1-2-5-17(16)12-18)23-24(19-6-3-11-28-14-19)29(27(32)26(23)31)20-9-10-21-22(13-20)34-15-33-21/h1-14,24,30H,15H2/b25-23-. The number of nitrogens with zero attached hydrogens (tertiary/aromatic N) is 2. The van der Waals surface area contributed by atoms with E-state index in [1.54, 1.807) is 54.9 Å². The minimum atomic E-state index is -0.861. The monoisotopic (exact) mass is 450 g/mol. The van der Waals surface area contributed by atoms with Crippen LogP contribution < -0.4 is 14.4 Å². The summed E-state index contributed by atoms with van der Waals surface area (Å²) in [6.45, 7) is 0.0889. The topological polar surface area (TPSA) is 89.0 Å². The Morgan fingerprint density at radius 3 is 2.56 bits per heavy atom. The van der Waals surface area contributed by atoms with Gasteiger partial charge in [0, 0.05) is 29.7 Å². The first-order valence-corrected chi connectivity index (χ1v) is 10.7. The molecule has 3 aromatic carbocycles. The molecule has 4 aromatic rings. The van der Waals surface area contributed by atoms with E-state index in [-0.39, 0.29) is 18.1 Å². The molecular formula is C27H18N2O5. The molecule has 0 bridgehead atoms. The van der Waals surface area contributed by atoms with Crippen molar-refractivity contribution in [1.82, 2.24) is 4.98 Å². The number of amides is 1. The second-order valence-corrected chi connectivity index (χ2v) is 8.05. The van der Waals surface area contributed by atoms with Crippen molar-refractivity contribution in [3.63, 3.8) is 0 Å². The molecule has 0 radical (unpaired) electrons. The molecule has 1 N–H and O–H groups in total. The van der Waals surface area contributed by atoms with E-state index in [0.717, 1.165) is 10.8 Å². The number of carbonyl (C=O) groups is 2. The number of hydrogen-bond acceptors (Lipinski definition) is 6. The van der Waals surface area contributed by atoms with Gasteiger partial charge >= 0.3 is 0 Å². The molecule has 1 fully saturated rings. The first-order valence-electron chi connectivity index (χ1n) is 10.7. The van der Waals surface area contributed by atoms with Crippen molar-refractivity contribution in [3.8, 4) is 11.5 Å². The largest absolute Gasteiger partial charge is 0.507 e. The third-order valence-corrected chi connectivity index (χ3v) is 6.10. The maximum absolute atomic E-state index is 13.3. The van der Waals surface area contributed by atoms with E-state index in [1.165, 1.54) is 4.90 Å². The number of ether oxygens (including phenoxy) is 2. The van der Waals surface area contributed by atoms with E-state index < -0.39 is 17.7 Å². The Balaban J connectivity index is 1.54. The summed E-state index contributed by atoms with van der Waals surface area (Å²) in [6, 6.07) is 20.8. The predicted molar refractivity (Wildman–Crippen MR) is 126 cm³/mol. The lowest BCUT2D eigenvalue weighted by Gasteiger charge is -2.25. The molecule has 2 aliphatic rings. The van der Waals surface area contributed by atoms with Crippen LogP contribution in [0.5, 0.6) is 11.5 Å². The smallest absolute Gasteiger partial charge is 0.300 e. The van der Waals surface area contributed by atoms with Gasteiger partial charge in [-0.3, -0.25) is 19.5 Å². The molecule has 1 aromatic heterocycles. The minimum Gasteiger partial charge on any atom is -0.507 e. The summed E-state index contributed by atoms with van der Waals surface area (Å²) in [5.74, 6) is -0.693. The van der Waals surface area contributed by atoms with Crippen LogP contribution in [0.3, 0.4) is 0 Å². The Hall–Kier alpha value is -4.65. The van der Waals surface area contributed by atoms with Crippen LogP contribution >= 0.6 is 0 Å². The van der Waals surface area contributed by atoms with E-state index in [4.69, 9.17) is 9.47 Å². The Kier molecular flexibility index (Phi) is 4.55. The third-order valence-electron chi connectivity index (χ3n) is 6.10. The lowest BCUT2D eigenvalue weighted by Crippen LogP contribution is -2.29. The van der Waals surface area contributed by atoms with Gasteiger partial charge < -0.3 is 14.6 Å². The quantitative estimate of drug-likeness (QED) is 0.279. The average molecular weight is 450 g/mol. The van der Waals surface area contributed by atoms with E-state index in [1.807, 2.05) is 30.3 Å². The summed E-state index contributed by atoms with van der Waals surface area (Å²) in [5.41, 5.74) is 1.52. The average Bonchev–Trinajstić information content (AvgIpc) is 3.45. The zero-order chi connectivity index (χ0) is 23.2. The maximum atomic E-state index is 13.3. The van der Waals surface area contributed by atoms with Gasteiger partial charge in [-0.2, -0.15) is 0 Å². The number of aromatic nitrogens is 1. The van der Waals surface area contributed by atoms with Crippen molar-refractivity contribution in [2.45, 2.75) is 6.04 Å². The van der Waals surface area contributed by atoms with Crippen LogP contribution in [0.4, 0.5) is 5.69 Å². The Morgan fingerprint density at radius 1 is 0.912 bits per heavy atom. The van der Waals surface area contributed by atoms with E-state index in [2.05, 4.69) is 4.98 Å². The molecule has 2 aliphatic heterocycles. The van der Waals surface area contributed by atoms with Crippen LogP contribution in [0.25, 0.3) is 16.5 Å². The SMILES string of the molecule is O=C1C(=O)N(c2ccc3c(c2)OCO3)C(c2cccnc2)/C1=C(/O)c1ccc2ccccc2c1. The van der Waals surface area contributed by atoms with Gasteiger partial charge in [-0.15, -0.1) is 0 Å². The maximum Gasteiger partial charge on any atom is 0.300 e. The molecule has 7 nitrogen and oxygen atoms in total. The number of hydrogen-bond donors (Lipinski definition) is 1. The highest BCUT2D eigenvalue weighted by atomic mass is 16.7. The van der Waals surface area contributed by atoms with Crippen molar-refractivity contribution < 1.29 is 24.2 Å². The number of aliphatic hydroxyl groups excluding tert-OH is 1. The molecule has 7 heteroatoms. The fraction of sp³-hybridized carbons (Fsp3) is 0.0741. The minimum absolute atomic E-state index is 0.00551. The molecule has 1 atom stereocenters. The molecule has 1 saturated heterocycles. The molecular weight excluding hydrogens is 432 g/mol. The zero-order valence-electron chi connectivity index (χ0n) is 17.8. The molecule has 0 saturated carbocycles. The predicted octanol–water partition coefficient (Wildman–Crippen LogP) is 4.59. The van der Waals surface area contributed by atoms with E-state index in [0.29, 0.717) is 28.3 Å². The van der Waals surface area contributed by atoms with Gasteiger partial charge in [0.25, 0.3) is 11.7 Å². The Labute approximate surface area is 194 Å². The molecule has 1 amide bonds. The number of fused-ring (bicyclic) bond motifs is 2. The fourth-order valence-electron chi connectivity index (χ4n) is 4.48. The fourth-order valence-corrected chi connectivity index (χ4v) is 4.48. The molecule has 1 unspecified atom stereocenters. The van der Waals surface area contributed by atoms with Gasteiger partial charge in [0.15, 0.2) is 11.5 Å². The molecule has 34 heavy (non-hydrogen) atoms. The number of pyridine rings is 1. The van der Waals surface area contributed by atoms with Crippen LogP contribution in [-0.2, 0) is 9.59 Å². The normalized spacial score (nSPS) is 18.6. The van der Waals surface area contributed by atoms with Gasteiger partial charge in [-0.25, -0.2) is 0 Å². The Morgan fingerprint density at radius 2 is 1.74 bits per heavy atom. The van der Waals surface area contributed by atoms with Crippen LogP contribution in [0, 0.1) is 0 Å². The second-order valence-electron chi connectivity index (χ2n) is 8.05. The van der Waals surface area contributed by atoms with Gasteiger partial charge in [0.05, 0.1) is 11.6 Å². The summed E-state index contributed by atoms with van der Waals surface area (Å²) in [7, 11) is 0. The highest BCUT2D eigenvalue weighted by Gasteiger charge is 2.47. The van der Waals surface area contributed by atoms with Crippen LogP contribution in [0.2, 0.25) is 0 Å². The zero-order valence-corrected chi connectivity index (χ0v) is 17.8.